The van der Waals surface area contributed by atoms with Gasteiger partial charge >= 0.3 is 0 Å². The van der Waals surface area contributed by atoms with Gasteiger partial charge in [0.15, 0.2) is 0 Å². The molecule has 0 bridgehead atoms. The van der Waals surface area contributed by atoms with Gasteiger partial charge in [-0.05, 0) is 82.6 Å². The summed E-state index contributed by atoms with van der Waals surface area (Å²) in [5.41, 5.74) is 5.89. The SMILES string of the molecule is c1cc(-c2ccc3ccccc3c2)cc(N(c2ccc3c(c2)sc2ccccc23)c2ccc3sc4ccccc4c3c2)c1. The molecule has 9 aromatic rings. The molecule has 0 aliphatic rings. The van der Waals surface area contributed by atoms with Gasteiger partial charge in [-0.3, -0.25) is 0 Å². The Balaban J connectivity index is 1.25. The summed E-state index contributed by atoms with van der Waals surface area (Å²) in [7, 11) is 0. The van der Waals surface area contributed by atoms with Crippen LogP contribution in [0.5, 0.6) is 0 Å². The van der Waals surface area contributed by atoms with Crippen LogP contribution < -0.4 is 4.90 Å². The van der Waals surface area contributed by atoms with E-state index in [0.717, 1.165) is 17.1 Å². The minimum atomic E-state index is 1.14. The van der Waals surface area contributed by atoms with E-state index in [0.29, 0.717) is 0 Å². The first-order valence-electron chi connectivity index (χ1n) is 14.5. The Kier molecular flexibility index (Phi) is 5.62. The van der Waals surface area contributed by atoms with Crippen molar-refractivity contribution in [1.29, 1.82) is 0 Å². The highest BCUT2D eigenvalue weighted by atomic mass is 32.1. The van der Waals surface area contributed by atoms with E-state index in [1.807, 2.05) is 22.7 Å². The largest absolute Gasteiger partial charge is 0.310 e. The Morgan fingerprint density at radius 2 is 0.930 bits per heavy atom. The van der Waals surface area contributed by atoms with E-state index in [1.54, 1.807) is 0 Å². The van der Waals surface area contributed by atoms with Crippen molar-refractivity contribution < 1.29 is 0 Å². The lowest BCUT2D eigenvalue weighted by Gasteiger charge is -2.26. The summed E-state index contributed by atoms with van der Waals surface area (Å²) in [6.07, 6.45) is 0. The van der Waals surface area contributed by atoms with Gasteiger partial charge in [0.25, 0.3) is 0 Å². The fraction of sp³-hybridized carbons (Fsp3) is 0. The van der Waals surface area contributed by atoms with Crippen molar-refractivity contribution in [3.05, 3.63) is 152 Å². The van der Waals surface area contributed by atoms with Crippen LogP contribution >= 0.6 is 22.7 Å². The topological polar surface area (TPSA) is 3.24 Å². The van der Waals surface area contributed by atoms with Crippen molar-refractivity contribution in [2.75, 3.05) is 4.90 Å². The molecule has 0 aliphatic heterocycles. The molecule has 0 aliphatic carbocycles. The van der Waals surface area contributed by atoms with E-state index in [4.69, 9.17) is 0 Å². The van der Waals surface area contributed by atoms with Crippen molar-refractivity contribution in [2.45, 2.75) is 0 Å². The molecule has 43 heavy (non-hydrogen) atoms. The van der Waals surface area contributed by atoms with Crippen LogP contribution in [0.2, 0.25) is 0 Å². The normalized spacial score (nSPS) is 11.7. The number of thiophene rings is 2. The van der Waals surface area contributed by atoms with E-state index in [9.17, 15) is 0 Å². The second kappa shape index (κ2) is 9.81. The summed E-state index contributed by atoms with van der Waals surface area (Å²) in [6, 6.07) is 55.6. The third-order valence-electron chi connectivity index (χ3n) is 8.43. The summed E-state index contributed by atoms with van der Waals surface area (Å²) in [5, 5.41) is 7.77. The molecule has 0 N–H and O–H groups in total. The van der Waals surface area contributed by atoms with Crippen LogP contribution in [-0.4, -0.2) is 0 Å². The molecular formula is C40H25NS2. The molecule has 0 unspecified atom stereocenters. The first-order valence-corrected chi connectivity index (χ1v) is 16.1. The zero-order chi connectivity index (χ0) is 28.3. The van der Waals surface area contributed by atoms with Gasteiger partial charge < -0.3 is 4.90 Å². The van der Waals surface area contributed by atoms with Gasteiger partial charge in [0.05, 0.1) is 0 Å². The third-order valence-corrected chi connectivity index (χ3v) is 10.7. The number of nitrogens with zero attached hydrogens (tertiary/aromatic N) is 1. The van der Waals surface area contributed by atoms with E-state index in [-0.39, 0.29) is 0 Å². The van der Waals surface area contributed by atoms with Crippen LogP contribution in [0.15, 0.2) is 152 Å². The third kappa shape index (κ3) is 4.12. The number of benzene rings is 7. The number of hydrogen-bond acceptors (Lipinski definition) is 3. The molecule has 9 rings (SSSR count). The molecule has 0 spiro atoms. The number of rotatable bonds is 4. The van der Waals surface area contributed by atoms with Gasteiger partial charge in [-0.2, -0.15) is 0 Å². The van der Waals surface area contributed by atoms with Gasteiger partial charge in [-0.25, -0.2) is 0 Å². The Morgan fingerprint density at radius 3 is 1.79 bits per heavy atom. The van der Waals surface area contributed by atoms with Crippen LogP contribution in [-0.2, 0) is 0 Å². The van der Waals surface area contributed by atoms with Crippen molar-refractivity contribution >= 4 is 90.9 Å². The van der Waals surface area contributed by atoms with Crippen LogP contribution in [0.4, 0.5) is 17.1 Å². The maximum Gasteiger partial charge on any atom is 0.0476 e. The summed E-state index contributed by atoms with van der Waals surface area (Å²) in [4.78, 5) is 2.42. The van der Waals surface area contributed by atoms with Gasteiger partial charge in [0, 0.05) is 57.4 Å². The predicted octanol–water partition coefficient (Wildman–Crippen LogP) is 12.7. The average molecular weight is 584 g/mol. The van der Waals surface area contributed by atoms with Crippen LogP contribution in [0.25, 0.3) is 62.2 Å². The monoisotopic (exact) mass is 583 g/mol. The smallest absolute Gasteiger partial charge is 0.0476 e. The zero-order valence-corrected chi connectivity index (χ0v) is 24.8. The standard InChI is InChI=1S/C40H25NS2/c1-2-9-27-22-29(17-16-26(27)8-1)28-10-7-11-30(23-28)41(31-19-21-39-36(24-31)34-13-4-6-15-38(34)42-39)32-18-20-35-33-12-3-5-14-37(33)43-40(35)25-32/h1-25H. The van der Waals surface area contributed by atoms with Gasteiger partial charge in [0.2, 0.25) is 0 Å². The van der Waals surface area contributed by atoms with Gasteiger partial charge in [-0.15, -0.1) is 22.7 Å². The quantitative estimate of drug-likeness (QED) is 0.199. The molecule has 2 heterocycles. The molecule has 0 saturated carbocycles. The first kappa shape index (κ1) is 24.6. The van der Waals surface area contributed by atoms with Crippen molar-refractivity contribution in [2.24, 2.45) is 0 Å². The highest BCUT2D eigenvalue weighted by Gasteiger charge is 2.17. The van der Waals surface area contributed by atoms with Gasteiger partial charge in [-0.1, -0.05) is 91.0 Å². The summed E-state index contributed by atoms with van der Waals surface area (Å²) in [6.45, 7) is 0. The Bertz CT molecular complexity index is 2480. The van der Waals surface area contributed by atoms with Gasteiger partial charge in [0.1, 0.15) is 0 Å². The maximum atomic E-state index is 2.42. The molecule has 0 saturated heterocycles. The van der Waals surface area contributed by atoms with E-state index in [2.05, 4.69) is 157 Å². The molecule has 7 aromatic carbocycles. The van der Waals surface area contributed by atoms with Crippen LogP contribution in [0, 0.1) is 0 Å². The summed E-state index contributed by atoms with van der Waals surface area (Å²) < 4.78 is 5.27. The molecule has 1 nitrogen and oxygen atoms in total. The number of anilines is 3. The lowest BCUT2D eigenvalue weighted by atomic mass is 10.0. The predicted molar refractivity (Wildman–Crippen MR) is 190 cm³/mol. The minimum absolute atomic E-state index is 1.14. The molecule has 2 aromatic heterocycles. The average Bonchev–Trinajstić information content (AvgIpc) is 3.62. The van der Waals surface area contributed by atoms with Crippen LogP contribution in [0.1, 0.15) is 0 Å². The fourth-order valence-electron chi connectivity index (χ4n) is 6.35. The highest BCUT2D eigenvalue weighted by molar-refractivity contribution is 7.26. The molecule has 0 atom stereocenters. The fourth-order valence-corrected chi connectivity index (χ4v) is 8.57. The first-order chi connectivity index (χ1) is 21.3. The van der Waals surface area contributed by atoms with Crippen molar-refractivity contribution in [3.8, 4) is 11.1 Å². The molecule has 3 heteroatoms. The van der Waals surface area contributed by atoms with Crippen LogP contribution in [0.3, 0.4) is 0 Å². The molecule has 0 radical (unpaired) electrons. The summed E-state index contributed by atoms with van der Waals surface area (Å²) in [5.74, 6) is 0. The van der Waals surface area contributed by atoms with Crippen molar-refractivity contribution in [3.63, 3.8) is 0 Å². The lowest BCUT2D eigenvalue weighted by Crippen LogP contribution is -2.09. The van der Waals surface area contributed by atoms with Crippen molar-refractivity contribution in [1.82, 2.24) is 0 Å². The lowest BCUT2D eigenvalue weighted by molar-refractivity contribution is 1.30. The van der Waals surface area contributed by atoms with E-state index in [1.165, 1.54) is 62.2 Å². The molecule has 0 fully saturated rings. The van der Waals surface area contributed by atoms with E-state index < -0.39 is 0 Å². The number of hydrogen-bond donors (Lipinski definition) is 0. The molecular weight excluding hydrogens is 559 g/mol. The molecule has 0 amide bonds. The highest BCUT2D eigenvalue weighted by Crippen LogP contribution is 2.43. The Labute approximate surface area is 257 Å². The zero-order valence-electron chi connectivity index (χ0n) is 23.2. The minimum Gasteiger partial charge on any atom is -0.310 e. The molecule has 202 valence electrons. The maximum absolute atomic E-state index is 2.42. The Morgan fingerprint density at radius 1 is 0.326 bits per heavy atom. The number of fused-ring (bicyclic) bond motifs is 7. The summed E-state index contributed by atoms with van der Waals surface area (Å²) >= 11 is 3.73. The second-order valence-corrected chi connectivity index (χ2v) is 13.2. The Hall–Kier alpha value is -4.96. The second-order valence-electron chi connectivity index (χ2n) is 11.0. The van der Waals surface area contributed by atoms with E-state index >= 15 is 0 Å².